The molecule has 36 heavy (non-hydrogen) atoms. The van der Waals surface area contributed by atoms with Crippen LogP contribution in [0.5, 0.6) is 5.75 Å². The standard InChI is InChI=1S/C26H36N2O7S/c1-4-5-13-22(24(29)18-36(32,33)17-21-12-9-14-34-21)28-26(31)23(15-19(2)3)27-25(30)16-35-20-10-7-6-8-11-20/h6-12,14,19,22-23H,4-5,13,15-18H2,1-3H3,(H,27,30)(H,28,31). The molecule has 0 aliphatic carbocycles. The maximum absolute atomic E-state index is 13.1. The number of hydrogen-bond donors (Lipinski definition) is 2. The van der Waals surface area contributed by atoms with Crippen LogP contribution in [0.3, 0.4) is 0 Å². The summed E-state index contributed by atoms with van der Waals surface area (Å²) < 4.78 is 35.6. The van der Waals surface area contributed by atoms with Crippen molar-refractivity contribution in [3.63, 3.8) is 0 Å². The van der Waals surface area contributed by atoms with E-state index in [0.29, 0.717) is 25.0 Å². The van der Waals surface area contributed by atoms with Gasteiger partial charge in [-0.05, 0) is 43.0 Å². The Morgan fingerprint density at radius 3 is 2.33 bits per heavy atom. The molecule has 0 fully saturated rings. The van der Waals surface area contributed by atoms with E-state index < -0.39 is 51.0 Å². The molecule has 0 bridgehead atoms. The minimum atomic E-state index is -3.78. The number of amides is 2. The first kappa shape index (κ1) is 29.1. The van der Waals surface area contributed by atoms with E-state index in [0.717, 1.165) is 6.42 Å². The van der Waals surface area contributed by atoms with E-state index in [1.165, 1.54) is 12.3 Å². The van der Waals surface area contributed by atoms with Crippen LogP contribution in [0.2, 0.25) is 0 Å². The number of carbonyl (C=O) groups excluding carboxylic acids is 3. The molecule has 0 aliphatic rings. The summed E-state index contributed by atoms with van der Waals surface area (Å²) in [6.45, 7) is 5.49. The number of furan rings is 1. The van der Waals surface area contributed by atoms with Crippen LogP contribution in [0.4, 0.5) is 0 Å². The average Bonchev–Trinajstić information content (AvgIpc) is 3.32. The van der Waals surface area contributed by atoms with Gasteiger partial charge in [-0.25, -0.2) is 8.42 Å². The maximum Gasteiger partial charge on any atom is 0.258 e. The summed E-state index contributed by atoms with van der Waals surface area (Å²) in [6.07, 6.45) is 3.40. The van der Waals surface area contributed by atoms with E-state index in [2.05, 4.69) is 10.6 Å². The monoisotopic (exact) mass is 520 g/mol. The second-order valence-electron chi connectivity index (χ2n) is 9.13. The lowest BCUT2D eigenvalue weighted by Gasteiger charge is -2.24. The Labute approximate surface area is 212 Å². The molecule has 1 heterocycles. The minimum Gasteiger partial charge on any atom is -0.484 e. The third-order valence-electron chi connectivity index (χ3n) is 5.33. The van der Waals surface area contributed by atoms with Crippen LogP contribution >= 0.6 is 0 Å². The van der Waals surface area contributed by atoms with Gasteiger partial charge in [0.05, 0.1) is 12.3 Å². The van der Waals surface area contributed by atoms with Crippen molar-refractivity contribution in [1.82, 2.24) is 10.6 Å². The summed E-state index contributed by atoms with van der Waals surface area (Å²) in [4.78, 5) is 38.5. The Kier molecular flexibility index (Phi) is 11.7. The van der Waals surface area contributed by atoms with Gasteiger partial charge < -0.3 is 19.8 Å². The molecule has 10 heteroatoms. The fraction of sp³-hybridized carbons (Fsp3) is 0.500. The number of unbranched alkanes of at least 4 members (excludes halogenated alkanes) is 1. The number of nitrogens with one attached hydrogen (secondary N) is 2. The van der Waals surface area contributed by atoms with Crippen molar-refractivity contribution < 1.29 is 32.0 Å². The normalized spacial score (nSPS) is 13.1. The van der Waals surface area contributed by atoms with Gasteiger partial charge in [-0.3, -0.25) is 14.4 Å². The van der Waals surface area contributed by atoms with Crippen molar-refractivity contribution in [3.8, 4) is 5.75 Å². The van der Waals surface area contributed by atoms with Crippen LogP contribution in [-0.2, 0) is 30.0 Å². The van der Waals surface area contributed by atoms with Crippen LogP contribution in [0.1, 0.15) is 52.2 Å². The van der Waals surface area contributed by atoms with Gasteiger partial charge in [0.15, 0.2) is 22.2 Å². The molecule has 2 rings (SSSR count). The van der Waals surface area contributed by atoms with Crippen molar-refractivity contribution in [1.29, 1.82) is 0 Å². The molecule has 2 atom stereocenters. The Bertz CT molecular complexity index is 1070. The number of Topliss-reactive ketones (excluding diaryl/α,β-unsaturated/α-hetero) is 1. The topological polar surface area (TPSA) is 132 Å². The number of ether oxygens (including phenoxy) is 1. The molecule has 2 N–H and O–H groups in total. The molecule has 1 aromatic carbocycles. The first-order valence-corrected chi connectivity index (χ1v) is 13.9. The summed E-state index contributed by atoms with van der Waals surface area (Å²) in [6, 6.07) is 10.1. The highest BCUT2D eigenvalue weighted by atomic mass is 32.2. The number of sulfone groups is 1. The smallest absolute Gasteiger partial charge is 0.258 e. The highest BCUT2D eigenvalue weighted by Gasteiger charge is 2.30. The van der Waals surface area contributed by atoms with Crippen molar-refractivity contribution in [2.24, 2.45) is 5.92 Å². The molecular weight excluding hydrogens is 484 g/mol. The summed E-state index contributed by atoms with van der Waals surface area (Å²) in [5, 5.41) is 5.36. The summed E-state index contributed by atoms with van der Waals surface area (Å²) >= 11 is 0. The summed E-state index contributed by atoms with van der Waals surface area (Å²) in [5.74, 6) is -1.86. The molecule has 198 valence electrons. The van der Waals surface area contributed by atoms with Crippen molar-refractivity contribution in [3.05, 3.63) is 54.5 Å². The zero-order chi connectivity index (χ0) is 26.6. The van der Waals surface area contributed by atoms with E-state index in [9.17, 15) is 22.8 Å². The van der Waals surface area contributed by atoms with Gasteiger partial charge in [0.1, 0.15) is 29.1 Å². The second-order valence-corrected chi connectivity index (χ2v) is 11.2. The van der Waals surface area contributed by atoms with E-state index in [1.54, 1.807) is 30.3 Å². The summed E-state index contributed by atoms with van der Waals surface area (Å²) in [7, 11) is -3.78. The molecular formula is C26H36N2O7S. The highest BCUT2D eigenvalue weighted by molar-refractivity contribution is 7.91. The molecule has 2 amide bonds. The van der Waals surface area contributed by atoms with E-state index in [-0.39, 0.29) is 18.3 Å². The first-order chi connectivity index (χ1) is 17.1. The van der Waals surface area contributed by atoms with E-state index >= 15 is 0 Å². The molecule has 2 unspecified atom stereocenters. The van der Waals surface area contributed by atoms with Crippen molar-refractivity contribution >= 4 is 27.4 Å². The number of rotatable bonds is 16. The molecule has 2 aromatic rings. The van der Waals surface area contributed by atoms with Gasteiger partial charge in [0.25, 0.3) is 5.91 Å². The molecule has 1 aromatic heterocycles. The van der Waals surface area contributed by atoms with Crippen LogP contribution in [-0.4, -0.2) is 50.5 Å². The van der Waals surface area contributed by atoms with Gasteiger partial charge in [0, 0.05) is 0 Å². The Balaban J connectivity index is 2.03. The van der Waals surface area contributed by atoms with Gasteiger partial charge in [-0.15, -0.1) is 0 Å². The Hall–Kier alpha value is -3.14. The lowest BCUT2D eigenvalue weighted by atomic mass is 10.0. The number of benzene rings is 1. The van der Waals surface area contributed by atoms with E-state index in [1.807, 2.05) is 26.8 Å². The summed E-state index contributed by atoms with van der Waals surface area (Å²) in [5.41, 5.74) is 0. The SMILES string of the molecule is CCCCC(NC(=O)C(CC(C)C)NC(=O)COc1ccccc1)C(=O)CS(=O)(=O)Cc1ccco1. The first-order valence-electron chi connectivity index (χ1n) is 12.1. The number of ketones is 1. The van der Waals surface area contributed by atoms with Gasteiger partial charge in [-0.1, -0.05) is 51.8 Å². The van der Waals surface area contributed by atoms with Gasteiger partial charge >= 0.3 is 0 Å². The highest BCUT2D eigenvalue weighted by Crippen LogP contribution is 2.12. The molecule has 0 aliphatic heterocycles. The fourth-order valence-electron chi connectivity index (χ4n) is 3.58. The quantitative estimate of drug-likeness (QED) is 0.348. The van der Waals surface area contributed by atoms with Gasteiger partial charge in [-0.2, -0.15) is 0 Å². The van der Waals surface area contributed by atoms with Crippen molar-refractivity contribution in [2.75, 3.05) is 12.4 Å². The number of hydrogen-bond acceptors (Lipinski definition) is 7. The molecule has 0 saturated carbocycles. The molecule has 0 saturated heterocycles. The predicted molar refractivity (Wildman–Crippen MR) is 136 cm³/mol. The van der Waals surface area contributed by atoms with Gasteiger partial charge in [0.2, 0.25) is 5.91 Å². The fourth-order valence-corrected chi connectivity index (χ4v) is 4.91. The number of carbonyl (C=O) groups is 3. The second kappa shape index (κ2) is 14.4. The minimum absolute atomic E-state index is 0.0783. The lowest BCUT2D eigenvalue weighted by Crippen LogP contribution is -2.53. The Morgan fingerprint density at radius 1 is 1.00 bits per heavy atom. The maximum atomic E-state index is 13.1. The van der Waals surface area contributed by atoms with Crippen LogP contribution < -0.4 is 15.4 Å². The number of para-hydroxylation sites is 1. The van der Waals surface area contributed by atoms with E-state index in [4.69, 9.17) is 9.15 Å². The zero-order valence-electron chi connectivity index (χ0n) is 21.1. The molecule has 0 spiro atoms. The van der Waals surface area contributed by atoms with Crippen LogP contribution in [0, 0.1) is 5.92 Å². The largest absolute Gasteiger partial charge is 0.484 e. The molecule has 0 radical (unpaired) electrons. The third-order valence-corrected chi connectivity index (χ3v) is 6.78. The third kappa shape index (κ3) is 10.6. The average molecular weight is 521 g/mol. The zero-order valence-corrected chi connectivity index (χ0v) is 21.9. The van der Waals surface area contributed by atoms with Crippen molar-refractivity contribution in [2.45, 2.75) is 64.3 Å². The van der Waals surface area contributed by atoms with Crippen LogP contribution in [0.25, 0.3) is 0 Å². The molecule has 9 nitrogen and oxygen atoms in total. The lowest BCUT2D eigenvalue weighted by molar-refractivity contribution is -0.132. The van der Waals surface area contributed by atoms with Crippen LogP contribution in [0.15, 0.2) is 53.1 Å². The Morgan fingerprint density at radius 2 is 1.72 bits per heavy atom. The predicted octanol–water partition coefficient (Wildman–Crippen LogP) is 3.05.